The largest absolute Gasteiger partial charge is 0.385 e. The minimum atomic E-state index is -0.204. The number of rotatable bonds is 5. The highest BCUT2D eigenvalue weighted by molar-refractivity contribution is 5.70. The summed E-state index contributed by atoms with van der Waals surface area (Å²) in [5, 5.41) is 4.10. The molecule has 0 unspecified atom stereocenters. The number of hydrogen-bond donors (Lipinski definition) is 1. The normalized spacial score (nSPS) is 11.3. The molecule has 0 saturated heterocycles. The monoisotopic (exact) mass is 288 g/mol. The molecular formula is C13H16N6O2. The molecule has 0 amide bonds. The molecule has 3 rings (SSSR count). The van der Waals surface area contributed by atoms with Gasteiger partial charge >= 0.3 is 5.69 Å². The van der Waals surface area contributed by atoms with E-state index in [1.54, 1.807) is 28.8 Å². The summed E-state index contributed by atoms with van der Waals surface area (Å²) in [5.41, 5.74) is 2.38. The number of ether oxygens (including phenoxy) is 1. The van der Waals surface area contributed by atoms with Gasteiger partial charge in [0.1, 0.15) is 0 Å². The van der Waals surface area contributed by atoms with Crippen LogP contribution in [0.5, 0.6) is 0 Å². The first kappa shape index (κ1) is 13.5. The summed E-state index contributed by atoms with van der Waals surface area (Å²) in [6, 6.07) is 0. The molecule has 0 radical (unpaired) electrons. The molecule has 0 spiro atoms. The highest BCUT2D eigenvalue weighted by Gasteiger charge is 2.11. The van der Waals surface area contributed by atoms with E-state index in [1.165, 1.54) is 0 Å². The lowest BCUT2D eigenvalue weighted by atomic mass is 10.3. The van der Waals surface area contributed by atoms with Gasteiger partial charge in [0.05, 0.1) is 18.1 Å². The van der Waals surface area contributed by atoms with E-state index in [2.05, 4.69) is 20.1 Å². The number of aromatic amines is 1. The molecule has 0 aromatic carbocycles. The Labute approximate surface area is 120 Å². The summed E-state index contributed by atoms with van der Waals surface area (Å²) in [6.45, 7) is 1.15. The van der Waals surface area contributed by atoms with Crippen molar-refractivity contribution in [3.8, 4) is 11.3 Å². The number of imidazole rings is 1. The molecule has 1 N–H and O–H groups in total. The lowest BCUT2D eigenvalue weighted by Crippen LogP contribution is -2.17. The molecular weight excluding hydrogens is 272 g/mol. The fourth-order valence-electron chi connectivity index (χ4n) is 2.20. The van der Waals surface area contributed by atoms with Crippen molar-refractivity contribution >= 4 is 11.3 Å². The fraction of sp³-hybridized carbons (Fsp3) is 0.385. The number of nitrogens with one attached hydrogen (secondary N) is 1. The van der Waals surface area contributed by atoms with Crippen molar-refractivity contribution < 1.29 is 4.74 Å². The molecule has 3 aromatic heterocycles. The van der Waals surface area contributed by atoms with Crippen LogP contribution in [0.15, 0.2) is 23.4 Å². The number of H-pyrrole nitrogens is 1. The summed E-state index contributed by atoms with van der Waals surface area (Å²) >= 11 is 0. The van der Waals surface area contributed by atoms with Crippen molar-refractivity contribution in [2.45, 2.75) is 13.0 Å². The average Bonchev–Trinajstić information content (AvgIpc) is 3.03. The summed E-state index contributed by atoms with van der Waals surface area (Å²) < 4.78 is 8.27. The lowest BCUT2D eigenvalue weighted by molar-refractivity contribution is 0.190. The Morgan fingerprint density at radius 2 is 2.24 bits per heavy atom. The molecule has 0 atom stereocenters. The second-order valence-corrected chi connectivity index (χ2v) is 4.76. The SMILES string of the molecule is COCCCn1c(=O)[nH]c2nc(-c3cnn(C)c3)cnc21. The van der Waals surface area contributed by atoms with Gasteiger partial charge in [-0.05, 0) is 6.42 Å². The molecule has 0 aliphatic heterocycles. The van der Waals surface area contributed by atoms with Crippen LogP contribution < -0.4 is 5.69 Å². The summed E-state index contributed by atoms with van der Waals surface area (Å²) in [4.78, 5) is 23.5. The molecule has 0 aliphatic rings. The van der Waals surface area contributed by atoms with Gasteiger partial charge in [0.15, 0.2) is 11.3 Å². The van der Waals surface area contributed by atoms with Gasteiger partial charge in [0, 0.05) is 39.1 Å². The van der Waals surface area contributed by atoms with Gasteiger partial charge in [-0.1, -0.05) is 0 Å². The van der Waals surface area contributed by atoms with E-state index in [9.17, 15) is 4.79 Å². The van der Waals surface area contributed by atoms with Crippen molar-refractivity contribution in [2.24, 2.45) is 7.05 Å². The van der Waals surface area contributed by atoms with Crippen molar-refractivity contribution in [3.63, 3.8) is 0 Å². The van der Waals surface area contributed by atoms with Crippen LogP contribution >= 0.6 is 0 Å². The van der Waals surface area contributed by atoms with Crippen LogP contribution in [0.3, 0.4) is 0 Å². The van der Waals surface area contributed by atoms with Crippen LogP contribution in [0.25, 0.3) is 22.6 Å². The summed E-state index contributed by atoms with van der Waals surface area (Å²) in [6.07, 6.45) is 5.96. The Balaban J connectivity index is 1.98. The number of fused-ring (bicyclic) bond motifs is 1. The molecule has 0 fully saturated rings. The zero-order chi connectivity index (χ0) is 14.8. The van der Waals surface area contributed by atoms with Crippen LogP contribution in [0.1, 0.15) is 6.42 Å². The quantitative estimate of drug-likeness (QED) is 0.693. The van der Waals surface area contributed by atoms with Crippen LogP contribution in [-0.2, 0) is 18.3 Å². The van der Waals surface area contributed by atoms with E-state index in [4.69, 9.17) is 4.74 Å². The topological polar surface area (TPSA) is 90.6 Å². The molecule has 0 saturated carbocycles. The number of aromatic nitrogens is 6. The maximum atomic E-state index is 12.0. The van der Waals surface area contributed by atoms with Crippen molar-refractivity contribution in [3.05, 3.63) is 29.1 Å². The first-order valence-electron chi connectivity index (χ1n) is 6.62. The molecule has 3 aromatic rings. The van der Waals surface area contributed by atoms with Gasteiger partial charge in [0.2, 0.25) is 0 Å². The van der Waals surface area contributed by atoms with E-state index < -0.39 is 0 Å². The van der Waals surface area contributed by atoms with E-state index >= 15 is 0 Å². The minimum Gasteiger partial charge on any atom is -0.385 e. The van der Waals surface area contributed by atoms with E-state index in [1.807, 2.05) is 13.2 Å². The van der Waals surface area contributed by atoms with Crippen LogP contribution in [0, 0.1) is 0 Å². The standard InChI is InChI=1S/C13H16N6O2/c1-18-8-9(6-15-18)10-7-14-12-11(16-10)17-13(20)19(12)4-3-5-21-2/h6-8H,3-5H2,1-2H3,(H,16,17,20). The second kappa shape index (κ2) is 5.49. The number of nitrogens with zero attached hydrogens (tertiary/aromatic N) is 5. The first-order chi connectivity index (χ1) is 10.2. The molecule has 0 bridgehead atoms. The number of hydrogen-bond acceptors (Lipinski definition) is 5. The molecule has 110 valence electrons. The van der Waals surface area contributed by atoms with Gasteiger partial charge in [-0.3, -0.25) is 14.2 Å². The third kappa shape index (κ3) is 2.57. The van der Waals surface area contributed by atoms with Crippen molar-refractivity contribution in [2.75, 3.05) is 13.7 Å². The van der Waals surface area contributed by atoms with Gasteiger partial charge < -0.3 is 4.74 Å². The Morgan fingerprint density at radius 1 is 1.38 bits per heavy atom. The maximum Gasteiger partial charge on any atom is 0.328 e. The van der Waals surface area contributed by atoms with Crippen molar-refractivity contribution in [1.82, 2.24) is 29.3 Å². The van der Waals surface area contributed by atoms with E-state index in [0.717, 1.165) is 12.0 Å². The smallest absolute Gasteiger partial charge is 0.328 e. The average molecular weight is 288 g/mol. The maximum absolute atomic E-state index is 12.0. The van der Waals surface area contributed by atoms with Crippen molar-refractivity contribution in [1.29, 1.82) is 0 Å². The fourth-order valence-corrected chi connectivity index (χ4v) is 2.20. The minimum absolute atomic E-state index is 0.204. The van der Waals surface area contributed by atoms with Crippen LogP contribution in [0.4, 0.5) is 0 Å². The van der Waals surface area contributed by atoms with Gasteiger partial charge in [-0.2, -0.15) is 5.10 Å². The van der Waals surface area contributed by atoms with E-state index in [0.29, 0.717) is 30.1 Å². The number of aryl methyl sites for hydroxylation is 2. The highest BCUT2D eigenvalue weighted by atomic mass is 16.5. The van der Waals surface area contributed by atoms with Gasteiger partial charge in [-0.15, -0.1) is 0 Å². The molecule has 0 aliphatic carbocycles. The van der Waals surface area contributed by atoms with Gasteiger partial charge in [0.25, 0.3) is 0 Å². The second-order valence-electron chi connectivity index (χ2n) is 4.76. The molecule has 8 nitrogen and oxygen atoms in total. The summed E-state index contributed by atoms with van der Waals surface area (Å²) in [5.74, 6) is 0. The molecule has 21 heavy (non-hydrogen) atoms. The Morgan fingerprint density at radius 3 is 2.95 bits per heavy atom. The molecule has 8 heteroatoms. The first-order valence-corrected chi connectivity index (χ1v) is 6.62. The predicted molar refractivity (Wildman–Crippen MR) is 76.8 cm³/mol. The van der Waals surface area contributed by atoms with E-state index in [-0.39, 0.29) is 5.69 Å². The van der Waals surface area contributed by atoms with Crippen LogP contribution in [-0.4, -0.2) is 43.0 Å². The van der Waals surface area contributed by atoms with Gasteiger partial charge in [-0.25, -0.2) is 14.8 Å². The third-order valence-electron chi connectivity index (χ3n) is 3.21. The van der Waals surface area contributed by atoms with Crippen LogP contribution in [0.2, 0.25) is 0 Å². The lowest BCUT2D eigenvalue weighted by Gasteiger charge is -2.02. The molecule has 3 heterocycles. The zero-order valence-corrected chi connectivity index (χ0v) is 11.9. The Kier molecular flexibility index (Phi) is 3.53. The Bertz CT molecular complexity index is 816. The predicted octanol–water partition coefficient (Wildman–Crippen LogP) is 0.557. The summed E-state index contributed by atoms with van der Waals surface area (Å²) in [7, 11) is 3.47. The highest BCUT2D eigenvalue weighted by Crippen LogP contribution is 2.16. The zero-order valence-electron chi connectivity index (χ0n) is 11.9. The third-order valence-corrected chi connectivity index (χ3v) is 3.21. The number of methoxy groups -OCH3 is 1. The Hall–Kier alpha value is -2.48.